The summed E-state index contributed by atoms with van der Waals surface area (Å²) < 4.78 is 41.5. The summed E-state index contributed by atoms with van der Waals surface area (Å²) in [6, 6.07) is 14.0. The number of pyridine rings is 1. The van der Waals surface area contributed by atoms with Gasteiger partial charge in [0.15, 0.2) is 0 Å². The van der Waals surface area contributed by atoms with Crippen molar-refractivity contribution >= 4 is 28.7 Å². The number of amides is 1. The predicted octanol–water partition coefficient (Wildman–Crippen LogP) is 6.69. The third-order valence-electron chi connectivity index (χ3n) is 5.86. The van der Waals surface area contributed by atoms with Crippen molar-refractivity contribution in [2.75, 3.05) is 23.8 Å². The number of rotatable bonds is 5. The van der Waals surface area contributed by atoms with Crippen LogP contribution in [-0.2, 0) is 11.0 Å². The lowest BCUT2D eigenvalue weighted by Gasteiger charge is -2.24. The number of hydrogen-bond donors (Lipinski definition) is 1. The first-order valence-corrected chi connectivity index (χ1v) is 11.4. The highest BCUT2D eigenvalue weighted by Gasteiger charge is 2.36. The lowest BCUT2D eigenvalue weighted by Crippen LogP contribution is -2.22. The van der Waals surface area contributed by atoms with Crippen molar-refractivity contribution in [1.82, 2.24) is 4.98 Å². The lowest BCUT2D eigenvalue weighted by atomic mass is 9.99. The van der Waals surface area contributed by atoms with E-state index in [2.05, 4.69) is 15.3 Å². The fraction of sp³-hybridized carbons (Fsp3) is 0.296. The molecule has 0 saturated carbocycles. The van der Waals surface area contributed by atoms with Crippen LogP contribution in [0.15, 0.2) is 53.5 Å². The number of hydrogen-bond acceptors (Lipinski definition) is 4. The van der Waals surface area contributed by atoms with Crippen LogP contribution in [0, 0.1) is 13.8 Å². The van der Waals surface area contributed by atoms with Crippen LogP contribution in [0.4, 0.5) is 30.2 Å². The Bertz CT molecular complexity index is 1290. The second-order valence-electron chi connectivity index (χ2n) is 8.81. The van der Waals surface area contributed by atoms with E-state index in [0.29, 0.717) is 24.4 Å². The minimum absolute atomic E-state index is 0.0360. The molecule has 1 aromatic heterocycles. The Morgan fingerprint density at radius 2 is 1.69 bits per heavy atom. The molecule has 0 spiro atoms. The molecule has 1 N–H and O–H groups in total. The first-order chi connectivity index (χ1) is 16.5. The third kappa shape index (κ3) is 5.37. The number of nitrogens with one attached hydrogen (secondary N) is 1. The van der Waals surface area contributed by atoms with Gasteiger partial charge < -0.3 is 10.2 Å². The number of aliphatic imine (C=N–C) groups is 1. The summed E-state index contributed by atoms with van der Waals surface area (Å²) in [5, 5.41) is 2.61. The average molecular weight is 481 g/mol. The number of nitrogens with zero attached hydrogens (tertiary/aromatic N) is 3. The van der Waals surface area contributed by atoms with Gasteiger partial charge in [-0.25, -0.2) is 0 Å². The van der Waals surface area contributed by atoms with Crippen molar-refractivity contribution in [3.63, 3.8) is 0 Å². The zero-order chi connectivity index (χ0) is 25.3. The molecule has 35 heavy (non-hydrogen) atoms. The molecule has 0 atom stereocenters. The Hall–Kier alpha value is -3.68. The zero-order valence-electron chi connectivity index (χ0n) is 20.1. The molecule has 1 amide bonds. The van der Waals surface area contributed by atoms with Gasteiger partial charge in [0.05, 0.1) is 34.8 Å². The summed E-state index contributed by atoms with van der Waals surface area (Å²) in [4.78, 5) is 23.3. The van der Waals surface area contributed by atoms with Crippen LogP contribution in [0.1, 0.15) is 42.3 Å². The van der Waals surface area contributed by atoms with Gasteiger partial charge in [-0.2, -0.15) is 13.2 Å². The van der Waals surface area contributed by atoms with Gasteiger partial charge in [0.1, 0.15) is 0 Å². The molecule has 4 rings (SSSR count). The molecular formula is C27H27F3N4O. The van der Waals surface area contributed by atoms with Crippen molar-refractivity contribution in [1.29, 1.82) is 0 Å². The Morgan fingerprint density at radius 3 is 2.34 bits per heavy atom. The van der Waals surface area contributed by atoms with Gasteiger partial charge in [-0.3, -0.25) is 14.8 Å². The van der Waals surface area contributed by atoms with Crippen LogP contribution >= 0.6 is 0 Å². The van der Waals surface area contributed by atoms with E-state index in [-0.39, 0.29) is 17.8 Å². The van der Waals surface area contributed by atoms with E-state index < -0.39 is 17.6 Å². The van der Waals surface area contributed by atoms with E-state index in [4.69, 9.17) is 0 Å². The Kier molecular flexibility index (Phi) is 6.65. The first kappa shape index (κ1) is 24.4. The summed E-state index contributed by atoms with van der Waals surface area (Å²) >= 11 is 0. The summed E-state index contributed by atoms with van der Waals surface area (Å²) in [5.41, 5.74) is 4.57. The number of anilines is 2. The molecule has 0 fully saturated rings. The van der Waals surface area contributed by atoms with E-state index >= 15 is 0 Å². The van der Waals surface area contributed by atoms with Gasteiger partial charge in [0.25, 0.3) is 0 Å². The van der Waals surface area contributed by atoms with Crippen molar-refractivity contribution in [3.8, 4) is 11.1 Å². The number of fused-ring (bicyclic) bond motifs is 1. The van der Waals surface area contributed by atoms with Crippen LogP contribution in [0.2, 0.25) is 0 Å². The second kappa shape index (κ2) is 9.52. The Morgan fingerprint density at radius 1 is 1.00 bits per heavy atom. The Labute approximate surface area is 202 Å². The smallest absolute Gasteiger partial charge is 0.374 e. The van der Waals surface area contributed by atoms with Crippen LogP contribution in [0.3, 0.4) is 0 Å². The van der Waals surface area contributed by atoms with Crippen LogP contribution in [-0.4, -0.2) is 30.2 Å². The topological polar surface area (TPSA) is 57.6 Å². The average Bonchev–Trinajstić information content (AvgIpc) is 2.95. The maximum Gasteiger partial charge on any atom is 0.418 e. The maximum absolute atomic E-state index is 13.8. The minimum atomic E-state index is -4.56. The van der Waals surface area contributed by atoms with Crippen molar-refractivity contribution in [2.45, 2.75) is 39.8 Å². The normalized spacial score (nSPS) is 13.6. The molecule has 0 aliphatic carbocycles. The third-order valence-corrected chi connectivity index (χ3v) is 5.86. The standard InChI is InChI=1S/C27H27F3N4O/c1-5-9-34(4)25-14-24-23(13-21(25)27(28,29)30)33-26(35)15-22(32-24)19-8-6-7-18(12-19)20-10-16(2)31-17(3)11-20/h6-8,10-14H,5,9,15H2,1-4H3,(H,33,35). The molecule has 1 aliphatic heterocycles. The molecule has 0 radical (unpaired) electrons. The van der Waals surface area contributed by atoms with Gasteiger partial charge in [-0.15, -0.1) is 0 Å². The summed E-state index contributed by atoms with van der Waals surface area (Å²) in [6.07, 6.45) is -3.92. The van der Waals surface area contributed by atoms with E-state index in [9.17, 15) is 18.0 Å². The number of carbonyl (C=O) groups is 1. The number of aryl methyl sites for hydroxylation is 2. The monoisotopic (exact) mass is 480 g/mol. The molecule has 1 aliphatic rings. The lowest BCUT2D eigenvalue weighted by molar-refractivity contribution is -0.137. The predicted molar refractivity (Wildman–Crippen MR) is 134 cm³/mol. The molecule has 8 heteroatoms. The van der Waals surface area contributed by atoms with Gasteiger partial charge in [-0.05, 0) is 67.3 Å². The molecule has 2 aromatic carbocycles. The minimum Gasteiger partial charge on any atom is -0.374 e. The molecule has 0 saturated heterocycles. The quantitative estimate of drug-likeness (QED) is 0.442. The fourth-order valence-electron chi connectivity index (χ4n) is 4.35. The van der Waals surface area contributed by atoms with Crippen molar-refractivity contribution in [3.05, 3.63) is 71.0 Å². The number of benzene rings is 2. The molecule has 2 heterocycles. The highest BCUT2D eigenvalue weighted by Crippen LogP contribution is 2.43. The number of alkyl halides is 3. The summed E-state index contributed by atoms with van der Waals surface area (Å²) in [7, 11) is 1.63. The van der Waals surface area contributed by atoms with Gasteiger partial charge in [0, 0.05) is 25.0 Å². The highest BCUT2D eigenvalue weighted by atomic mass is 19.4. The first-order valence-electron chi connectivity index (χ1n) is 11.4. The van der Waals surface area contributed by atoms with Gasteiger partial charge >= 0.3 is 6.18 Å². The SMILES string of the molecule is CCCN(C)c1cc2c(cc1C(F)(F)F)NC(=O)CC(c1cccc(-c3cc(C)nc(C)c3)c1)=N2. The van der Waals surface area contributed by atoms with E-state index in [0.717, 1.165) is 34.1 Å². The van der Waals surface area contributed by atoms with E-state index in [1.807, 2.05) is 57.2 Å². The van der Waals surface area contributed by atoms with Crippen molar-refractivity contribution < 1.29 is 18.0 Å². The molecule has 5 nitrogen and oxygen atoms in total. The fourth-order valence-corrected chi connectivity index (χ4v) is 4.35. The van der Waals surface area contributed by atoms with Crippen molar-refractivity contribution in [2.24, 2.45) is 4.99 Å². The highest BCUT2D eigenvalue weighted by molar-refractivity contribution is 6.17. The Balaban J connectivity index is 1.83. The van der Waals surface area contributed by atoms with Crippen LogP contribution in [0.5, 0.6) is 0 Å². The summed E-state index contributed by atoms with van der Waals surface area (Å²) in [6.45, 7) is 6.22. The largest absolute Gasteiger partial charge is 0.418 e. The number of halogens is 3. The van der Waals surface area contributed by atoms with E-state index in [1.54, 1.807) is 11.9 Å². The number of carbonyl (C=O) groups excluding carboxylic acids is 1. The summed E-state index contributed by atoms with van der Waals surface area (Å²) in [5.74, 6) is -0.411. The second-order valence-corrected chi connectivity index (χ2v) is 8.81. The maximum atomic E-state index is 13.8. The molecule has 182 valence electrons. The molecular weight excluding hydrogens is 453 g/mol. The molecule has 3 aromatic rings. The zero-order valence-corrected chi connectivity index (χ0v) is 20.1. The van der Waals surface area contributed by atoms with E-state index in [1.165, 1.54) is 6.07 Å². The van der Waals surface area contributed by atoms with Gasteiger partial charge in [-0.1, -0.05) is 25.1 Å². The molecule has 0 unspecified atom stereocenters. The molecule has 0 bridgehead atoms. The van der Waals surface area contributed by atoms with Crippen LogP contribution in [0.25, 0.3) is 11.1 Å². The number of aromatic nitrogens is 1. The van der Waals surface area contributed by atoms with Crippen LogP contribution < -0.4 is 10.2 Å². The van der Waals surface area contributed by atoms with Gasteiger partial charge in [0.2, 0.25) is 5.91 Å².